The van der Waals surface area contributed by atoms with Gasteiger partial charge >= 0.3 is 5.97 Å². The molecular formula is C13H12N2O6S. The molecule has 0 radical (unpaired) electrons. The maximum atomic E-state index is 12.4. The lowest BCUT2D eigenvalue weighted by Gasteiger charge is -2.10. The van der Waals surface area contributed by atoms with Gasteiger partial charge in [0.25, 0.3) is 5.91 Å². The summed E-state index contributed by atoms with van der Waals surface area (Å²) in [5.41, 5.74) is -0.375. The number of allylic oxidation sites excluding steroid dienone is 2. The fourth-order valence-electron chi connectivity index (χ4n) is 1.83. The van der Waals surface area contributed by atoms with Crippen LogP contribution in [0, 0.1) is 0 Å². The molecule has 116 valence electrons. The van der Waals surface area contributed by atoms with Crippen LogP contribution in [0.15, 0.2) is 15.5 Å². The molecule has 0 bridgehead atoms. The number of ketones is 2. The zero-order chi connectivity index (χ0) is 16.3. The Bertz CT molecular complexity index is 691. The van der Waals surface area contributed by atoms with Gasteiger partial charge in [-0.3, -0.25) is 19.2 Å². The number of hydrogen-bond acceptors (Lipinski definition) is 7. The molecule has 9 heteroatoms. The molecule has 0 spiro atoms. The van der Waals surface area contributed by atoms with Crippen molar-refractivity contribution in [3.8, 4) is 0 Å². The number of amides is 1. The number of fused-ring (bicyclic) bond motifs is 1. The van der Waals surface area contributed by atoms with E-state index in [9.17, 15) is 19.2 Å². The summed E-state index contributed by atoms with van der Waals surface area (Å²) in [5, 5.41) is 14.4. The summed E-state index contributed by atoms with van der Waals surface area (Å²) >= 11 is 1.07. The normalized spacial score (nSPS) is 13.6. The van der Waals surface area contributed by atoms with Crippen LogP contribution >= 0.6 is 11.8 Å². The zero-order valence-electron chi connectivity index (χ0n) is 11.5. The minimum Gasteiger partial charge on any atom is -0.481 e. The average molecular weight is 324 g/mol. The summed E-state index contributed by atoms with van der Waals surface area (Å²) in [6.45, 7) is 0. The van der Waals surface area contributed by atoms with Crippen molar-refractivity contribution in [2.75, 3.05) is 12.8 Å². The predicted octanol–water partition coefficient (Wildman–Crippen LogP) is 0.895. The molecule has 1 amide bonds. The highest BCUT2D eigenvalue weighted by molar-refractivity contribution is 8.04. The molecule has 2 N–H and O–H groups in total. The van der Waals surface area contributed by atoms with Crippen LogP contribution in [-0.2, 0) is 4.79 Å². The highest BCUT2D eigenvalue weighted by atomic mass is 32.2. The third-order valence-electron chi connectivity index (χ3n) is 2.86. The van der Waals surface area contributed by atoms with Gasteiger partial charge in [0.2, 0.25) is 17.3 Å². The number of carboxylic acids is 1. The van der Waals surface area contributed by atoms with Crippen LogP contribution in [-0.4, -0.2) is 46.5 Å². The van der Waals surface area contributed by atoms with Crippen molar-refractivity contribution in [3.05, 3.63) is 28.0 Å². The van der Waals surface area contributed by atoms with Crippen LogP contribution in [0.2, 0.25) is 0 Å². The van der Waals surface area contributed by atoms with Gasteiger partial charge < -0.3 is 14.9 Å². The van der Waals surface area contributed by atoms with Crippen LogP contribution in [0.1, 0.15) is 44.2 Å². The van der Waals surface area contributed by atoms with Crippen LogP contribution in [0.3, 0.4) is 0 Å². The summed E-state index contributed by atoms with van der Waals surface area (Å²) in [6, 6.07) is 0. The second kappa shape index (κ2) is 6.56. The number of carbonyl (C=O) groups excluding carboxylic acids is 3. The number of carbonyl (C=O) groups is 4. The Labute approximate surface area is 128 Å². The van der Waals surface area contributed by atoms with Gasteiger partial charge in [-0.15, -0.1) is 11.8 Å². The highest BCUT2D eigenvalue weighted by Gasteiger charge is 2.35. The van der Waals surface area contributed by atoms with Crippen LogP contribution in [0.4, 0.5) is 0 Å². The van der Waals surface area contributed by atoms with Gasteiger partial charge in [0.05, 0.1) is 4.91 Å². The number of hydrogen-bond donors (Lipinski definition) is 2. The molecular weight excluding hydrogens is 312 g/mol. The van der Waals surface area contributed by atoms with Crippen LogP contribution in [0.5, 0.6) is 0 Å². The summed E-state index contributed by atoms with van der Waals surface area (Å²) in [7, 11) is 1.37. The Hall–Kier alpha value is -2.42. The Kier molecular flexibility index (Phi) is 4.76. The number of carboxylic acid groups (broad SMARTS) is 1. The van der Waals surface area contributed by atoms with E-state index in [2.05, 4.69) is 10.5 Å². The largest absolute Gasteiger partial charge is 0.481 e. The quantitative estimate of drug-likeness (QED) is 0.739. The smallest absolute Gasteiger partial charge is 0.303 e. The first-order valence-corrected chi connectivity index (χ1v) is 7.31. The molecule has 8 nitrogen and oxygen atoms in total. The van der Waals surface area contributed by atoms with E-state index >= 15 is 0 Å². The van der Waals surface area contributed by atoms with Crippen LogP contribution in [0.25, 0.3) is 0 Å². The lowest BCUT2D eigenvalue weighted by atomic mass is 10.00. The van der Waals surface area contributed by atoms with Gasteiger partial charge in [0, 0.05) is 19.5 Å². The maximum Gasteiger partial charge on any atom is 0.303 e. The third kappa shape index (κ3) is 3.08. The van der Waals surface area contributed by atoms with Crippen molar-refractivity contribution < 1.29 is 28.8 Å². The van der Waals surface area contributed by atoms with Crippen molar-refractivity contribution in [2.24, 2.45) is 0 Å². The highest BCUT2D eigenvalue weighted by Crippen LogP contribution is 2.30. The van der Waals surface area contributed by atoms with Gasteiger partial charge in [-0.05, 0) is 12.2 Å². The third-order valence-corrected chi connectivity index (χ3v) is 3.97. The number of nitrogens with zero attached hydrogens (tertiary/aromatic N) is 1. The van der Waals surface area contributed by atoms with Crippen LogP contribution < -0.4 is 5.32 Å². The molecule has 0 saturated heterocycles. The summed E-state index contributed by atoms with van der Waals surface area (Å²) in [4.78, 5) is 46.5. The fraction of sp³-hybridized carbons (Fsp3) is 0.308. The Morgan fingerprint density at radius 3 is 2.77 bits per heavy atom. The Morgan fingerprint density at radius 2 is 2.14 bits per heavy atom. The second-order valence-corrected chi connectivity index (χ2v) is 5.50. The number of nitrogens with one attached hydrogen (secondary N) is 1. The van der Waals surface area contributed by atoms with Gasteiger partial charge in [-0.25, -0.2) is 0 Å². The van der Waals surface area contributed by atoms with Crippen molar-refractivity contribution >= 4 is 35.2 Å². The van der Waals surface area contributed by atoms with E-state index in [1.165, 1.54) is 7.05 Å². The summed E-state index contributed by atoms with van der Waals surface area (Å²) < 4.78 is 4.79. The number of rotatable bonds is 6. The van der Waals surface area contributed by atoms with Crippen molar-refractivity contribution in [3.63, 3.8) is 0 Å². The standard InChI is InChI=1S/C13H12N2O6S/c1-14-13(20)10-9-11(19)7(22-4-2-3-8(17)18)5-6(16)12(9)21-15-10/h5H,2-4H2,1H3,(H,14,20)(H,17,18). The molecule has 2 rings (SSSR count). The average Bonchev–Trinajstić information content (AvgIpc) is 2.93. The molecule has 1 aromatic heterocycles. The molecule has 0 aromatic carbocycles. The predicted molar refractivity (Wildman–Crippen MR) is 76.0 cm³/mol. The van der Waals surface area contributed by atoms with E-state index in [0.717, 1.165) is 17.8 Å². The number of Topliss-reactive ketones (excluding diaryl/α,β-unsaturated/α-hetero) is 1. The molecule has 1 aliphatic rings. The summed E-state index contributed by atoms with van der Waals surface area (Å²) in [5.74, 6) is -2.49. The molecule has 22 heavy (non-hydrogen) atoms. The van der Waals surface area contributed by atoms with Gasteiger partial charge in [0.15, 0.2) is 5.69 Å². The van der Waals surface area contributed by atoms with E-state index < -0.39 is 23.4 Å². The lowest BCUT2D eigenvalue weighted by molar-refractivity contribution is -0.137. The minimum absolute atomic E-state index is 0.0234. The fourth-order valence-corrected chi connectivity index (χ4v) is 2.76. The molecule has 1 heterocycles. The van der Waals surface area contributed by atoms with E-state index in [0.29, 0.717) is 12.2 Å². The molecule has 1 aliphatic carbocycles. The molecule has 0 saturated carbocycles. The maximum absolute atomic E-state index is 12.4. The van der Waals surface area contributed by atoms with E-state index in [-0.39, 0.29) is 28.3 Å². The topological polar surface area (TPSA) is 127 Å². The van der Waals surface area contributed by atoms with Crippen molar-refractivity contribution in [2.45, 2.75) is 12.8 Å². The van der Waals surface area contributed by atoms with Gasteiger partial charge in [-0.1, -0.05) is 5.16 Å². The molecule has 0 fully saturated rings. The monoisotopic (exact) mass is 324 g/mol. The molecule has 0 atom stereocenters. The first-order valence-electron chi connectivity index (χ1n) is 6.32. The van der Waals surface area contributed by atoms with E-state index in [1.807, 2.05) is 0 Å². The SMILES string of the molecule is CNC(=O)c1noc2c1C(=O)C(SCCCC(=O)O)=CC2=O. The van der Waals surface area contributed by atoms with Crippen molar-refractivity contribution in [1.82, 2.24) is 10.5 Å². The number of thioether (sulfide) groups is 1. The summed E-state index contributed by atoms with van der Waals surface area (Å²) in [6.07, 6.45) is 1.46. The number of aromatic nitrogens is 1. The zero-order valence-corrected chi connectivity index (χ0v) is 12.4. The molecule has 0 aliphatic heterocycles. The van der Waals surface area contributed by atoms with Crippen molar-refractivity contribution in [1.29, 1.82) is 0 Å². The molecule has 1 aromatic rings. The first-order chi connectivity index (χ1) is 10.5. The second-order valence-electron chi connectivity index (χ2n) is 4.36. The van der Waals surface area contributed by atoms with E-state index in [1.54, 1.807) is 0 Å². The Balaban J connectivity index is 2.18. The number of aliphatic carboxylic acids is 1. The lowest BCUT2D eigenvalue weighted by Crippen LogP contribution is -2.23. The van der Waals surface area contributed by atoms with Gasteiger partial charge in [-0.2, -0.15) is 0 Å². The van der Waals surface area contributed by atoms with E-state index in [4.69, 9.17) is 9.63 Å². The first kappa shape index (κ1) is 16.0. The minimum atomic E-state index is -0.927. The Morgan fingerprint density at radius 1 is 1.41 bits per heavy atom. The molecule has 0 unspecified atom stereocenters. The van der Waals surface area contributed by atoms with Gasteiger partial charge in [0.1, 0.15) is 5.56 Å².